The summed E-state index contributed by atoms with van der Waals surface area (Å²) >= 11 is 0. The number of anilines is 2. The van der Waals surface area contributed by atoms with Crippen LogP contribution in [-0.4, -0.2) is 43.0 Å². The topological polar surface area (TPSA) is 57.3 Å². The number of carbonyl (C=O) groups excluding carboxylic acids is 1. The number of amides is 1. The van der Waals surface area contributed by atoms with Gasteiger partial charge in [0.2, 0.25) is 0 Å². The largest absolute Gasteiger partial charge is 0.351 e. The van der Waals surface area contributed by atoms with Gasteiger partial charge in [-0.1, -0.05) is 25.1 Å². The number of likely N-dealkylation sites (N-methyl/N-ethyl adjacent to an activating group) is 1. The van der Waals surface area contributed by atoms with Gasteiger partial charge in [-0.2, -0.15) is 0 Å². The van der Waals surface area contributed by atoms with Gasteiger partial charge >= 0.3 is 0 Å². The maximum absolute atomic E-state index is 12.2. The number of nitrogens with zero attached hydrogens (tertiary/aromatic N) is 2. The van der Waals surface area contributed by atoms with Crippen molar-refractivity contribution in [2.75, 3.05) is 32.5 Å². The molecule has 0 fully saturated rings. The highest BCUT2D eigenvalue weighted by Crippen LogP contribution is 2.24. The lowest BCUT2D eigenvalue weighted by Crippen LogP contribution is -2.31. The summed E-state index contributed by atoms with van der Waals surface area (Å²) < 4.78 is 0. The number of rotatable bonds is 7. The van der Waals surface area contributed by atoms with E-state index in [0.29, 0.717) is 17.9 Å². The minimum atomic E-state index is -0.0807. The van der Waals surface area contributed by atoms with Crippen molar-refractivity contribution in [3.63, 3.8) is 0 Å². The average molecular weight is 326 g/mol. The summed E-state index contributed by atoms with van der Waals surface area (Å²) in [5, 5.41) is 6.28. The maximum Gasteiger partial charge on any atom is 0.251 e. The molecule has 1 amide bonds. The molecule has 0 aliphatic heterocycles. The van der Waals surface area contributed by atoms with Crippen LogP contribution < -0.4 is 10.6 Å². The van der Waals surface area contributed by atoms with Gasteiger partial charge in [0.05, 0.1) is 0 Å². The van der Waals surface area contributed by atoms with E-state index in [9.17, 15) is 4.79 Å². The molecule has 0 atom stereocenters. The lowest BCUT2D eigenvalue weighted by atomic mass is 10.1. The molecule has 5 nitrogen and oxygen atoms in total. The molecule has 5 heteroatoms. The number of para-hydroxylation sites is 1. The van der Waals surface area contributed by atoms with Crippen LogP contribution >= 0.6 is 0 Å². The fourth-order valence-corrected chi connectivity index (χ4v) is 2.47. The predicted octanol–water partition coefficient (Wildman–Crippen LogP) is 2.99. The molecular formula is C19H26N4O. The number of nitrogens with one attached hydrogen (secondary N) is 2. The first-order valence-electron chi connectivity index (χ1n) is 8.25. The van der Waals surface area contributed by atoms with E-state index in [2.05, 4.69) is 47.7 Å². The molecule has 0 unspecified atom stereocenters. The molecule has 2 aromatic rings. The molecule has 0 bridgehead atoms. The van der Waals surface area contributed by atoms with E-state index in [4.69, 9.17) is 0 Å². The first kappa shape index (κ1) is 17.9. The zero-order valence-electron chi connectivity index (χ0n) is 14.9. The van der Waals surface area contributed by atoms with Crippen LogP contribution in [0, 0.1) is 6.92 Å². The zero-order valence-corrected chi connectivity index (χ0v) is 14.9. The van der Waals surface area contributed by atoms with Crippen molar-refractivity contribution in [2.45, 2.75) is 20.3 Å². The maximum atomic E-state index is 12.2. The van der Waals surface area contributed by atoms with Gasteiger partial charge in [0.15, 0.2) is 0 Å². The average Bonchev–Trinajstić information content (AvgIpc) is 2.56. The van der Waals surface area contributed by atoms with Gasteiger partial charge in [-0.15, -0.1) is 0 Å². The van der Waals surface area contributed by atoms with Crippen molar-refractivity contribution in [2.24, 2.45) is 0 Å². The number of aryl methyl sites for hydroxylation is 2. The highest BCUT2D eigenvalue weighted by Gasteiger charge is 2.09. The molecule has 2 N–H and O–H groups in total. The SMILES string of the molecule is CCc1cccc(C)c1Nc1cc(C(=O)NCCN(C)C)ccn1. The Labute approximate surface area is 144 Å². The molecule has 2 rings (SSSR count). The van der Waals surface area contributed by atoms with Gasteiger partial charge < -0.3 is 15.5 Å². The van der Waals surface area contributed by atoms with Crippen LogP contribution in [0.5, 0.6) is 0 Å². The molecule has 1 heterocycles. The van der Waals surface area contributed by atoms with Crippen molar-refractivity contribution in [1.29, 1.82) is 0 Å². The van der Waals surface area contributed by atoms with Gasteiger partial charge in [-0.3, -0.25) is 4.79 Å². The summed E-state index contributed by atoms with van der Waals surface area (Å²) in [4.78, 5) is 18.6. The number of aromatic nitrogens is 1. The molecular weight excluding hydrogens is 300 g/mol. The number of carbonyl (C=O) groups is 1. The second-order valence-corrected chi connectivity index (χ2v) is 6.08. The minimum absolute atomic E-state index is 0.0807. The molecule has 0 aliphatic carbocycles. The highest BCUT2D eigenvalue weighted by molar-refractivity contribution is 5.94. The summed E-state index contributed by atoms with van der Waals surface area (Å²) in [6.45, 7) is 5.63. The van der Waals surface area contributed by atoms with E-state index >= 15 is 0 Å². The molecule has 1 aromatic heterocycles. The van der Waals surface area contributed by atoms with E-state index in [1.54, 1.807) is 18.3 Å². The quantitative estimate of drug-likeness (QED) is 0.821. The summed E-state index contributed by atoms with van der Waals surface area (Å²) in [5.41, 5.74) is 4.07. The first-order chi connectivity index (χ1) is 11.5. The summed E-state index contributed by atoms with van der Waals surface area (Å²) in [7, 11) is 3.96. The van der Waals surface area contributed by atoms with Gasteiger partial charge in [0.25, 0.3) is 5.91 Å². The zero-order chi connectivity index (χ0) is 17.5. The molecule has 0 radical (unpaired) electrons. The van der Waals surface area contributed by atoms with Crippen LogP contribution in [0.4, 0.5) is 11.5 Å². The van der Waals surface area contributed by atoms with Crippen molar-refractivity contribution in [3.05, 3.63) is 53.2 Å². The Balaban J connectivity index is 2.12. The Hall–Kier alpha value is -2.40. The summed E-state index contributed by atoms with van der Waals surface area (Å²) in [6.07, 6.45) is 2.60. The van der Waals surface area contributed by atoms with Gasteiger partial charge in [0.1, 0.15) is 5.82 Å². The highest BCUT2D eigenvalue weighted by atomic mass is 16.1. The standard InChI is InChI=1S/C19H26N4O/c1-5-15-8-6-7-14(2)18(15)22-17-13-16(9-10-20-17)19(24)21-11-12-23(3)4/h6-10,13H,5,11-12H2,1-4H3,(H,20,22)(H,21,24). The van der Waals surface area contributed by atoms with Crippen LogP contribution in [0.2, 0.25) is 0 Å². The number of hydrogen-bond donors (Lipinski definition) is 2. The number of benzene rings is 1. The minimum Gasteiger partial charge on any atom is -0.351 e. The fraction of sp³-hybridized carbons (Fsp3) is 0.368. The Morgan fingerprint density at radius 1 is 1.25 bits per heavy atom. The third-order valence-electron chi connectivity index (χ3n) is 3.86. The van der Waals surface area contributed by atoms with Crippen molar-refractivity contribution in [3.8, 4) is 0 Å². The van der Waals surface area contributed by atoms with Crippen LogP contribution in [-0.2, 0) is 6.42 Å². The Kier molecular flexibility index (Phi) is 6.32. The predicted molar refractivity (Wildman–Crippen MR) is 99.0 cm³/mol. The van der Waals surface area contributed by atoms with E-state index < -0.39 is 0 Å². The number of hydrogen-bond acceptors (Lipinski definition) is 4. The van der Waals surface area contributed by atoms with Crippen LogP contribution in [0.15, 0.2) is 36.5 Å². The Bertz CT molecular complexity index is 698. The van der Waals surface area contributed by atoms with Crippen molar-refractivity contribution >= 4 is 17.4 Å². The molecule has 1 aromatic carbocycles. The number of pyridine rings is 1. The van der Waals surface area contributed by atoms with Crippen molar-refractivity contribution < 1.29 is 4.79 Å². The molecule has 0 saturated heterocycles. The second kappa shape index (κ2) is 8.45. The summed E-state index contributed by atoms with van der Waals surface area (Å²) in [5.74, 6) is 0.599. The molecule has 24 heavy (non-hydrogen) atoms. The monoisotopic (exact) mass is 326 g/mol. The van der Waals surface area contributed by atoms with Gasteiger partial charge in [-0.25, -0.2) is 4.98 Å². The lowest BCUT2D eigenvalue weighted by molar-refractivity contribution is 0.0951. The molecule has 0 saturated carbocycles. The van der Waals surface area contributed by atoms with E-state index in [1.165, 1.54) is 5.56 Å². The van der Waals surface area contributed by atoms with E-state index in [-0.39, 0.29) is 5.91 Å². The first-order valence-corrected chi connectivity index (χ1v) is 8.25. The smallest absolute Gasteiger partial charge is 0.251 e. The third-order valence-corrected chi connectivity index (χ3v) is 3.86. The third kappa shape index (κ3) is 4.80. The van der Waals surface area contributed by atoms with E-state index in [0.717, 1.165) is 24.2 Å². The Morgan fingerprint density at radius 2 is 2.04 bits per heavy atom. The van der Waals surface area contributed by atoms with Crippen LogP contribution in [0.1, 0.15) is 28.4 Å². The summed E-state index contributed by atoms with van der Waals surface area (Å²) in [6, 6.07) is 9.75. The molecule has 0 spiro atoms. The van der Waals surface area contributed by atoms with Crippen molar-refractivity contribution in [1.82, 2.24) is 15.2 Å². The van der Waals surface area contributed by atoms with Crippen LogP contribution in [0.25, 0.3) is 0 Å². The Morgan fingerprint density at radius 3 is 2.75 bits per heavy atom. The molecule has 0 aliphatic rings. The fourth-order valence-electron chi connectivity index (χ4n) is 2.47. The lowest BCUT2D eigenvalue weighted by Gasteiger charge is -2.14. The second-order valence-electron chi connectivity index (χ2n) is 6.08. The van der Waals surface area contributed by atoms with Gasteiger partial charge in [0, 0.05) is 30.5 Å². The van der Waals surface area contributed by atoms with E-state index in [1.807, 2.05) is 19.0 Å². The normalized spacial score (nSPS) is 10.7. The van der Waals surface area contributed by atoms with Crippen LogP contribution in [0.3, 0.4) is 0 Å². The van der Waals surface area contributed by atoms with Gasteiger partial charge in [-0.05, 0) is 50.7 Å². The molecule has 128 valence electrons.